The largest absolute Gasteiger partial charge is 0.476 e. The minimum absolute atomic E-state index is 0.0134. The summed E-state index contributed by atoms with van der Waals surface area (Å²) in [4.78, 5) is 23.7. The lowest BCUT2D eigenvalue weighted by Crippen LogP contribution is -2.46. The number of halogens is 2. The molecule has 2 N–H and O–H groups in total. The van der Waals surface area contributed by atoms with Gasteiger partial charge in [-0.25, -0.2) is 14.4 Å². The van der Waals surface area contributed by atoms with Gasteiger partial charge < -0.3 is 20.3 Å². The lowest BCUT2D eigenvalue weighted by molar-refractivity contribution is 0.0734. The lowest BCUT2D eigenvalue weighted by atomic mass is 10.0. The van der Waals surface area contributed by atoms with E-state index >= 15 is 0 Å². The molecule has 2 aromatic heterocycles. The summed E-state index contributed by atoms with van der Waals surface area (Å²) in [5.41, 5.74) is 3.02. The average molecular weight is 518 g/mol. The predicted molar refractivity (Wildman–Crippen MR) is 137 cm³/mol. The second kappa shape index (κ2) is 10.8. The number of carbonyl (C=O) groups excluding carboxylic acids is 1. The normalized spacial score (nSPS) is 13.4. The molecule has 3 heterocycles. The van der Waals surface area contributed by atoms with Gasteiger partial charge in [0.2, 0.25) is 5.82 Å². The zero-order chi connectivity index (χ0) is 26.6. The van der Waals surface area contributed by atoms with Crippen LogP contribution >= 0.6 is 0 Å². The van der Waals surface area contributed by atoms with Crippen LogP contribution in [0.4, 0.5) is 20.3 Å². The number of nitrogens with one attached hydrogen (secondary N) is 2. The van der Waals surface area contributed by atoms with Gasteiger partial charge in [-0.15, -0.1) is 0 Å². The number of amides is 1. The van der Waals surface area contributed by atoms with Gasteiger partial charge in [-0.3, -0.25) is 9.20 Å². The van der Waals surface area contributed by atoms with Crippen molar-refractivity contribution in [3.05, 3.63) is 71.7 Å². The van der Waals surface area contributed by atoms with E-state index in [1.165, 1.54) is 24.5 Å². The first kappa shape index (κ1) is 25.1. The number of fused-ring (bicyclic) bond motifs is 1. The molecule has 1 saturated heterocycles. The van der Waals surface area contributed by atoms with Crippen LogP contribution in [0, 0.1) is 23.0 Å². The van der Waals surface area contributed by atoms with Gasteiger partial charge in [-0.2, -0.15) is 9.65 Å². The molecule has 2 aromatic carbocycles. The van der Waals surface area contributed by atoms with E-state index in [0.29, 0.717) is 42.2 Å². The highest BCUT2D eigenvalue weighted by Gasteiger charge is 2.22. The van der Waals surface area contributed by atoms with Crippen molar-refractivity contribution >= 4 is 23.1 Å². The molecule has 0 saturated carbocycles. The van der Waals surface area contributed by atoms with Gasteiger partial charge in [-0.1, -0.05) is 6.92 Å². The average Bonchev–Trinajstić information content (AvgIpc) is 3.39. The molecule has 0 unspecified atom stereocenters. The third-order valence-electron chi connectivity index (χ3n) is 6.43. The SMILES string of the molecule is CCc1cc(Nc2nccn3c(-c4ccc(OCC#N)c(F)c4F)cnc23)ccc1C(=O)N1CCNCC1. The number of imidazole rings is 1. The van der Waals surface area contributed by atoms with E-state index in [0.717, 1.165) is 24.3 Å². The van der Waals surface area contributed by atoms with Crippen LogP contribution in [0.15, 0.2) is 48.9 Å². The highest BCUT2D eigenvalue weighted by atomic mass is 19.2. The van der Waals surface area contributed by atoms with Crippen LogP contribution in [-0.2, 0) is 6.42 Å². The van der Waals surface area contributed by atoms with E-state index < -0.39 is 18.2 Å². The molecule has 38 heavy (non-hydrogen) atoms. The Morgan fingerprint density at radius 1 is 1.18 bits per heavy atom. The molecule has 0 radical (unpaired) electrons. The number of hydrogen-bond donors (Lipinski definition) is 2. The third-order valence-corrected chi connectivity index (χ3v) is 6.43. The molecule has 1 aliphatic rings. The Labute approximate surface area is 217 Å². The molecule has 1 aliphatic heterocycles. The molecule has 0 bridgehead atoms. The summed E-state index contributed by atoms with van der Waals surface area (Å²) < 4.78 is 36.0. The van der Waals surface area contributed by atoms with Crippen molar-refractivity contribution in [1.29, 1.82) is 5.26 Å². The van der Waals surface area contributed by atoms with E-state index in [2.05, 4.69) is 20.6 Å². The molecule has 194 valence electrons. The molecule has 0 atom stereocenters. The van der Waals surface area contributed by atoms with E-state index in [1.807, 2.05) is 30.0 Å². The molecular weight excluding hydrogens is 492 g/mol. The Kier molecular flexibility index (Phi) is 7.15. The standard InChI is InChI=1S/C27H25F2N7O2/c1-2-17-15-18(3-4-19(17)27(37)35-11-8-31-9-12-35)34-25-26-33-16-21(36(26)13-10-32-25)20-5-6-22(38-14-7-30)24(29)23(20)28/h3-6,10,13,15-16,31H,2,8-9,11-12,14H2,1H3,(H,32,34). The van der Waals surface area contributed by atoms with Gasteiger partial charge in [0.1, 0.15) is 6.07 Å². The van der Waals surface area contributed by atoms with Crippen LogP contribution < -0.4 is 15.4 Å². The van der Waals surface area contributed by atoms with E-state index in [1.54, 1.807) is 16.7 Å². The lowest BCUT2D eigenvalue weighted by Gasteiger charge is -2.28. The van der Waals surface area contributed by atoms with E-state index in [9.17, 15) is 13.6 Å². The van der Waals surface area contributed by atoms with Crippen molar-refractivity contribution in [2.45, 2.75) is 13.3 Å². The number of aryl methyl sites for hydroxylation is 1. The van der Waals surface area contributed by atoms with Gasteiger partial charge in [0.05, 0.1) is 11.9 Å². The summed E-state index contributed by atoms with van der Waals surface area (Å²) in [6.45, 7) is 4.52. The number of ether oxygens (including phenoxy) is 1. The molecule has 5 rings (SSSR count). The third kappa shape index (κ3) is 4.73. The van der Waals surface area contributed by atoms with Crippen molar-refractivity contribution in [3.63, 3.8) is 0 Å². The number of benzene rings is 2. The first-order valence-electron chi connectivity index (χ1n) is 12.2. The van der Waals surface area contributed by atoms with Crippen molar-refractivity contribution < 1.29 is 18.3 Å². The maximum absolute atomic E-state index is 14.9. The summed E-state index contributed by atoms with van der Waals surface area (Å²) in [5.74, 6) is -2.19. The fourth-order valence-corrected chi connectivity index (χ4v) is 4.51. The number of nitrogens with zero attached hydrogens (tertiary/aromatic N) is 5. The molecule has 1 amide bonds. The van der Waals surface area contributed by atoms with Crippen LogP contribution in [0.25, 0.3) is 16.9 Å². The van der Waals surface area contributed by atoms with Crippen LogP contribution in [0.1, 0.15) is 22.8 Å². The van der Waals surface area contributed by atoms with Crippen LogP contribution in [-0.4, -0.2) is 58.0 Å². The maximum atomic E-state index is 14.9. The number of piperazine rings is 1. The fourth-order valence-electron chi connectivity index (χ4n) is 4.51. The smallest absolute Gasteiger partial charge is 0.254 e. The molecular formula is C27H25F2N7O2. The molecule has 9 nitrogen and oxygen atoms in total. The number of rotatable bonds is 7. The van der Waals surface area contributed by atoms with Crippen molar-refractivity contribution in [2.24, 2.45) is 0 Å². The Morgan fingerprint density at radius 3 is 2.76 bits per heavy atom. The van der Waals surface area contributed by atoms with Gasteiger partial charge in [-0.05, 0) is 42.3 Å². The van der Waals surface area contributed by atoms with Gasteiger partial charge >= 0.3 is 0 Å². The minimum Gasteiger partial charge on any atom is -0.476 e. The van der Waals surface area contributed by atoms with Crippen LogP contribution in [0.5, 0.6) is 5.75 Å². The topological polar surface area (TPSA) is 108 Å². The van der Waals surface area contributed by atoms with E-state index in [4.69, 9.17) is 10.00 Å². The number of carbonyl (C=O) groups is 1. The molecule has 0 spiro atoms. The minimum atomic E-state index is -1.18. The molecule has 0 aliphatic carbocycles. The Hall–Kier alpha value is -4.56. The zero-order valence-corrected chi connectivity index (χ0v) is 20.7. The summed E-state index contributed by atoms with van der Waals surface area (Å²) in [7, 11) is 0. The summed E-state index contributed by atoms with van der Waals surface area (Å²) in [5, 5.41) is 15.1. The number of hydrogen-bond acceptors (Lipinski definition) is 7. The van der Waals surface area contributed by atoms with Gasteiger partial charge in [0, 0.05) is 55.4 Å². The van der Waals surface area contributed by atoms with E-state index in [-0.39, 0.29) is 17.2 Å². The molecule has 1 fully saturated rings. The molecule has 11 heteroatoms. The van der Waals surface area contributed by atoms with Crippen molar-refractivity contribution in [3.8, 4) is 23.1 Å². The Morgan fingerprint density at radius 2 is 2.00 bits per heavy atom. The summed E-state index contributed by atoms with van der Waals surface area (Å²) in [6.07, 6.45) is 5.24. The summed E-state index contributed by atoms with van der Waals surface area (Å²) >= 11 is 0. The highest BCUT2D eigenvalue weighted by molar-refractivity contribution is 5.96. The Balaban J connectivity index is 1.44. The number of nitriles is 1. The van der Waals surface area contributed by atoms with Gasteiger partial charge in [0.15, 0.2) is 29.6 Å². The quantitative estimate of drug-likeness (QED) is 0.383. The second-order valence-electron chi connectivity index (χ2n) is 8.69. The van der Waals surface area contributed by atoms with Crippen molar-refractivity contribution in [2.75, 3.05) is 38.1 Å². The van der Waals surface area contributed by atoms with Crippen molar-refractivity contribution in [1.82, 2.24) is 24.6 Å². The first-order valence-corrected chi connectivity index (χ1v) is 12.2. The van der Waals surface area contributed by atoms with Crippen LogP contribution in [0.3, 0.4) is 0 Å². The first-order chi connectivity index (χ1) is 18.5. The summed E-state index contributed by atoms with van der Waals surface area (Å²) in [6, 6.07) is 9.93. The monoisotopic (exact) mass is 517 g/mol. The van der Waals surface area contributed by atoms with Gasteiger partial charge in [0.25, 0.3) is 5.91 Å². The second-order valence-corrected chi connectivity index (χ2v) is 8.69. The maximum Gasteiger partial charge on any atom is 0.254 e. The fraction of sp³-hybridized carbons (Fsp3) is 0.259. The zero-order valence-electron chi connectivity index (χ0n) is 20.7. The molecule has 4 aromatic rings. The highest BCUT2D eigenvalue weighted by Crippen LogP contribution is 2.32. The number of anilines is 2. The van der Waals surface area contributed by atoms with Crippen LogP contribution in [0.2, 0.25) is 0 Å². The number of aromatic nitrogens is 3. The predicted octanol–water partition coefficient (Wildman–Crippen LogP) is 3.93. The Bertz CT molecular complexity index is 1540.